The molecule has 0 aliphatic rings. The van der Waals surface area contributed by atoms with Gasteiger partial charge < -0.3 is 0 Å². The van der Waals surface area contributed by atoms with Gasteiger partial charge in [0.05, 0.1) is 15.9 Å². The first-order valence-corrected chi connectivity index (χ1v) is 5.85. The second-order valence-electron chi connectivity index (χ2n) is 2.79. The monoisotopic (exact) mass is 239 g/mol. The van der Waals surface area contributed by atoms with Crippen LogP contribution in [0.5, 0.6) is 0 Å². The van der Waals surface area contributed by atoms with E-state index in [2.05, 4.69) is 0 Å². The first-order chi connectivity index (χ1) is 7.24. The number of carbonyl (C=O) groups is 1. The van der Waals surface area contributed by atoms with Gasteiger partial charge in [0, 0.05) is 21.9 Å². The Morgan fingerprint density at radius 1 is 1.13 bits per heavy atom. The molecule has 76 valence electrons. The van der Waals surface area contributed by atoms with Crippen molar-refractivity contribution in [2.45, 2.75) is 0 Å². The number of carbonyl (C=O) groups excluding carboxylic acids is 1. The van der Waals surface area contributed by atoms with Gasteiger partial charge in [-0.3, -0.25) is 14.9 Å². The number of aldehydes is 1. The topological polar surface area (TPSA) is 60.2 Å². The fourth-order valence-corrected chi connectivity index (χ4v) is 2.84. The molecule has 2 rings (SSSR count). The highest BCUT2D eigenvalue weighted by Gasteiger charge is 2.18. The fourth-order valence-electron chi connectivity index (χ4n) is 1.25. The molecule has 2 aromatic rings. The molecular formula is C9H5NO3S2. The summed E-state index contributed by atoms with van der Waals surface area (Å²) in [5.41, 5.74) is 1.72. The minimum absolute atomic E-state index is 0.0569. The van der Waals surface area contributed by atoms with Gasteiger partial charge in [-0.25, -0.2) is 0 Å². The Kier molecular flexibility index (Phi) is 2.61. The van der Waals surface area contributed by atoms with E-state index in [-0.39, 0.29) is 5.69 Å². The summed E-state index contributed by atoms with van der Waals surface area (Å²) in [6, 6.07) is 0. The second-order valence-corrected chi connectivity index (χ2v) is 4.27. The molecule has 0 N–H and O–H groups in total. The summed E-state index contributed by atoms with van der Waals surface area (Å²) >= 11 is 2.62. The highest BCUT2D eigenvalue weighted by atomic mass is 32.1. The molecule has 0 radical (unpaired) electrons. The summed E-state index contributed by atoms with van der Waals surface area (Å²) in [7, 11) is 0. The predicted molar refractivity (Wildman–Crippen MR) is 59.7 cm³/mol. The number of nitrogens with zero attached hydrogens (tertiary/aromatic N) is 1. The van der Waals surface area contributed by atoms with E-state index in [1.165, 1.54) is 28.1 Å². The maximum atomic E-state index is 10.7. The third-order valence-electron chi connectivity index (χ3n) is 1.95. The summed E-state index contributed by atoms with van der Waals surface area (Å²) in [6.45, 7) is 0. The van der Waals surface area contributed by atoms with Crippen molar-refractivity contribution in [1.29, 1.82) is 0 Å². The van der Waals surface area contributed by atoms with Gasteiger partial charge in [0.1, 0.15) is 0 Å². The van der Waals surface area contributed by atoms with Gasteiger partial charge in [0.2, 0.25) is 0 Å². The molecule has 0 atom stereocenters. The third-order valence-corrected chi connectivity index (χ3v) is 3.44. The first kappa shape index (κ1) is 10.0. The van der Waals surface area contributed by atoms with Crippen LogP contribution in [0.2, 0.25) is 0 Å². The standard InChI is InChI=1S/C9H5NO3S2/c11-1-6-2-14-3-7(6)8-4-15-5-9(8)10(12)13/h1-5H. The Labute approximate surface area is 92.9 Å². The Morgan fingerprint density at radius 2 is 1.80 bits per heavy atom. The van der Waals surface area contributed by atoms with Crippen LogP contribution >= 0.6 is 22.7 Å². The zero-order valence-electron chi connectivity index (χ0n) is 7.38. The van der Waals surface area contributed by atoms with E-state index in [0.717, 1.165) is 0 Å². The minimum Gasteiger partial charge on any atom is -0.298 e. The summed E-state index contributed by atoms with van der Waals surface area (Å²) in [4.78, 5) is 21.0. The molecule has 0 aliphatic carbocycles. The van der Waals surface area contributed by atoms with Gasteiger partial charge in [-0.2, -0.15) is 11.3 Å². The molecule has 15 heavy (non-hydrogen) atoms. The Bertz CT molecular complexity index is 515. The summed E-state index contributed by atoms with van der Waals surface area (Å²) < 4.78 is 0. The number of thiophene rings is 2. The number of rotatable bonds is 3. The van der Waals surface area contributed by atoms with Crippen molar-refractivity contribution in [2.24, 2.45) is 0 Å². The van der Waals surface area contributed by atoms with E-state index in [0.29, 0.717) is 23.0 Å². The quantitative estimate of drug-likeness (QED) is 0.469. The largest absolute Gasteiger partial charge is 0.298 e. The SMILES string of the molecule is O=Cc1cscc1-c1cscc1[N+](=O)[O-]. The van der Waals surface area contributed by atoms with Crippen LogP contribution in [0.25, 0.3) is 11.1 Å². The number of hydrogen-bond acceptors (Lipinski definition) is 5. The number of nitro groups is 1. The molecule has 0 saturated carbocycles. The lowest BCUT2D eigenvalue weighted by atomic mass is 10.1. The van der Waals surface area contributed by atoms with Crippen molar-refractivity contribution in [3.63, 3.8) is 0 Å². The Balaban J connectivity index is 2.58. The summed E-state index contributed by atoms with van der Waals surface area (Å²) in [5.74, 6) is 0. The lowest BCUT2D eigenvalue weighted by Gasteiger charge is -1.94. The van der Waals surface area contributed by atoms with Gasteiger partial charge in [0.15, 0.2) is 6.29 Å². The minimum atomic E-state index is -0.432. The van der Waals surface area contributed by atoms with Crippen LogP contribution in [-0.4, -0.2) is 11.2 Å². The van der Waals surface area contributed by atoms with Crippen molar-refractivity contribution in [3.8, 4) is 11.1 Å². The van der Waals surface area contributed by atoms with E-state index >= 15 is 0 Å². The molecule has 0 aromatic carbocycles. The third kappa shape index (κ3) is 1.69. The highest BCUT2D eigenvalue weighted by molar-refractivity contribution is 7.09. The first-order valence-electron chi connectivity index (χ1n) is 3.96. The lowest BCUT2D eigenvalue weighted by molar-refractivity contribution is -0.383. The molecule has 2 heterocycles. The average Bonchev–Trinajstić information content (AvgIpc) is 2.85. The van der Waals surface area contributed by atoms with E-state index in [1.807, 2.05) is 0 Å². The van der Waals surface area contributed by atoms with Crippen molar-refractivity contribution >= 4 is 34.6 Å². The van der Waals surface area contributed by atoms with Crippen LogP contribution in [0, 0.1) is 10.1 Å². The van der Waals surface area contributed by atoms with Crippen LogP contribution in [0.1, 0.15) is 10.4 Å². The smallest absolute Gasteiger partial charge is 0.287 e. The van der Waals surface area contributed by atoms with Crippen molar-refractivity contribution in [2.75, 3.05) is 0 Å². The summed E-state index contributed by atoms with van der Waals surface area (Å²) in [6.07, 6.45) is 0.716. The molecule has 0 spiro atoms. The molecular weight excluding hydrogens is 234 g/mol. The van der Waals surface area contributed by atoms with Crippen molar-refractivity contribution in [3.05, 3.63) is 37.2 Å². The van der Waals surface area contributed by atoms with Crippen LogP contribution in [0.4, 0.5) is 5.69 Å². The summed E-state index contributed by atoms with van der Waals surface area (Å²) in [5, 5.41) is 17.3. The van der Waals surface area contributed by atoms with Gasteiger partial charge >= 0.3 is 0 Å². The van der Waals surface area contributed by atoms with Crippen LogP contribution in [-0.2, 0) is 0 Å². The zero-order valence-corrected chi connectivity index (χ0v) is 9.01. The van der Waals surface area contributed by atoms with Gasteiger partial charge in [-0.05, 0) is 5.38 Å². The molecule has 0 bridgehead atoms. The highest BCUT2D eigenvalue weighted by Crippen LogP contribution is 2.36. The fraction of sp³-hybridized carbons (Fsp3) is 0. The molecule has 0 unspecified atom stereocenters. The van der Waals surface area contributed by atoms with Crippen LogP contribution in [0.3, 0.4) is 0 Å². The van der Waals surface area contributed by atoms with E-state index in [4.69, 9.17) is 0 Å². The van der Waals surface area contributed by atoms with Gasteiger partial charge in [-0.15, -0.1) is 11.3 Å². The second kappa shape index (κ2) is 3.92. The molecule has 0 saturated heterocycles. The normalized spacial score (nSPS) is 10.1. The van der Waals surface area contributed by atoms with Gasteiger partial charge in [-0.1, -0.05) is 0 Å². The Morgan fingerprint density at radius 3 is 2.47 bits per heavy atom. The zero-order chi connectivity index (χ0) is 10.8. The average molecular weight is 239 g/mol. The molecule has 2 aromatic heterocycles. The molecule has 4 nitrogen and oxygen atoms in total. The van der Waals surface area contributed by atoms with E-state index < -0.39 is 4.92 Å². The Hall–Kier alpha value is -1.53. The van der Waals surface area contributed by atoms with Crippen LogP contribution < -0.4 is 0 Å². The molecule has 6 heteroatoms. The molecule has 0 amide bonds. The maximum Gasteiger partial charge on any atom is 0.287 e. The number of hydrogen-bond donors (Lipinski definition) is 0. The van der Waals surface area contributed by atoms with Crippen LogP contribution in [0.15, 0.2) is 21.5 Å². The van der Waals surface area contributed by atoms with Crippen molar-refractivity contribution < 1.29 is 9.72 Å². The molecule has 0 aliphatic heterocycles. The molecule has 0 fully saturated rings. The van der Waals surface area contributed by atoms with E-state index in [1.54, 1.807) is 16.1 Å². The lowest BCUT2D eigenvalue weighted by Crippen LogP contribution is -1.88. The van der Waals surface area contributed by atoms with Crippen molar-refractivity contribution in [1.82, 2.24) is 0 Å². The predicted octanol–water partition coefficient (Wildman–Crippen LogP) is 3.20. The van der Waals surface area contributed by atoms with E-state index in [9.17, 15) is 14.9 Å². The maximum absolute atomic E-state index is 10.7. The van der Waals surface area contributed by atoms with Gasteiger partial charge in [0.25, 0.3) is 5.69 Å².